The first-order valence-corrected chi connectivity index (χ1v) is 7.62. The van der Waals surface area contributed by atoms with Crippen LogP contribution in [0.25, 0.3) is 0 Å². The SMILES string of the molecule is NCC1C[C@H](O[C@@H]2C(N)C[C@@H](N)C(O)C2O)C(N)C(O)[C@@H]1O. The van der Waals surface area contributed by atoms with E-state index < -0.39 is 54.7 Å². The van der Waals surface area contributed by atoms with Gasteiger partial charge in [-0.15, -0.1) is 0 Å². The first-order valence-electron chi connectivity index (χ1n) is 7.62. The predicted molar refractivity (Wildman–Crippen MR) is 78.4 cm³/mol. The number of nitrogens with two attached hydrogens (primary N) is 4. The molecule has 0 bridgehead atoms. The average molecular weight is 320 g/mol. The average Bonchev–Trinajstić information content (AvgIpc) is 2.49. The maximum absolute atomic E-state index is 10.1. The molecule has 0 aliphatic heterocycles. The second-order valence-electron chi connectivity index (χ2n) is 6.47. The van der Waals surface area contributed by atoms with E-state index in [-0.39, 0.29) is 12.5 Å². The van der Waals surface area contributed by atoms with Crippen molar-refractivity contribution in [1.82, 2.24) is 0 Å². The molecule has 0 aromatic rings. The highest BCUT2D eigenvalue weighted by Gasteiger charge is 2.47. The molecule has 2 aliphatic rings. The van der Waals surface area contributed by atoms with E-state index >= 15 is 0 Å². The lowest BCUT2D eigenvalue weighted by Crippen LogP contribution is -2.65. The Morgan fingerprint density at radius 3 is 2.05 bits per heavy atom. The lowest BCUT2D eigenvalue weighted by atomic mass is 9.79. The molecule has 10 atom stereocenters. The van der Waals surface area contributed by atoms with Gasteiger partial charge in [-0.2, -0.15) is 0 Å². The molecule has 0 radical (unpaired) electrons. The highest BCUT2D eigenvalue weighted by molar-refractivity contribution is 5.01. The smallest absolute Gasteiger partial charge is 0.109 e. The van der Waals surface area contributed by atoms with Crippen LogP contribution >= 0.6 is 0 Å². The van der Waals surface area contributed by atoms with Gasteiger partial charge in [0.25, 0.3) is 0 Å². The number of hydrogen-bond donors (Lipinski definition) is 8. The topological polar surface area (TPSA) is 194 Å². The minimum atomic E-state index is -1.23. The Bertz CT molecular complexity index is 374. The third kappa shape index (κ3) is 3.28. The second-order valence-corrected chi connectivity index (χ2v) is 6.47. The quantitative estimate of drug-likeness (QED) is 0.253. The fourth-order valence-electron chi connectivity index (χ4n) is 3.38. The first-order chi connectivity index (χ1) is 10.3. The monoisotopic (exact) mass is 320 g/mol. The Morgan fingerprint density at radius 2 is 1.45 bits per heavy atom. The Hall–Kier alpha value is -0.360. The van der Waals surface area contributed by atoms with Crippen molar-refractivity contribution in [3.63, 3.8) is 0 Å². The molecule has 0 aromatic heterocycles. The number of aliphatic hydroxyl groups excluding tert-OH is 4. The fourth-order valence-corrected chi connectivity index (χ4v) is 3.38. The van der Waals surface area contributed by atoms with Gasteiger partial charge in [0.2, 0.25) is 0 Å². The molecule has 9 nitrogen and oxygen atoms in total. The van der Waals surface area contributed by atoms with Gasteiger partial charge in [0.05, 0.1) is 30.5 Å². The lowest BCUT2D eigenvalue weighted by Gasteiger charge is -2.46. The van der Waals surface area contributed by atoms with Crippen LogP contribution in [0.5, 0.6) is 0 Å². The van der Waals surface area contributed by atoms with E-state index in [9.17, 15) is 20.4 Å². The molecule has 130 valence electrons. The van der Waals surface area contributed by atoms with Crippen molar-refractivity contribution in [1.29, 1.82) is 0 Å². The molecule has 2 aliphatic carbocycles. The first kappa shape index (κ1) is 18.0. The van der Waals surface area contributed by atoms with Crippen molar-refractivity contribution in [2.45, 2.75) is 67.6 Å². The second kappa shape index (κ2) is 7.04. The molecule has 2 fully saturated rings. The van der Waals surface area contributed by atoms with Crippen LogP contribution in [-0.4, -0.2) is 81.7 Å². The summed E-state index contributed by atoms with van der Waals surface area (Å²) in [5.74, 6) is -0.357. The molecule has 9 heteroatoms. The molecule has 0 saturated heterocycles. The zero-order valence-electron chi connectivity index (χ0n) is 12.4. The maximum Gasteiger partial charge on any atom is 0.109 e. The maximum atomic E-state index is 10.1. The van der Waals surface area contributed by atoms with E-state index in [1.54, 1.807) is 0 Å². The number of aliphatic hydroxyl groups is 4. The molecule has 2 saturated carbocycles. The lowest BCUT2D eigenvalue weighted by molar-refractivity contribution is -0.181. The molecule has 22 heavy (non-hydrogen) atoms. The molecular weight excluding hydrogens is 292 g/mol. The van der Waals surface area contributed by atoms with Gasteiger partial charge in [0, 0.05) is 18.0 Å². The van der Waals surface area contributed by atoms with Crippen molar-refractivity contribution >= 4 is 0 Å². The standard InChI is InChI=1S/C13H28N4O5/c14-3-4-1-7(8(17)11(20)9(4)18)22-13-6(16)2-5(15)10(19)12(13)21/h4-13,18-21H,1-3,14-17H2/t4?,5-,6?,7+,8?,9-,10?,11?,12?,13-/m1/s1. The van der Waals surface area contributed by atoms with E-state index in [4.69, 9.17) is 27.7 Å². The van der Waals surface area contributed by atoms with E-state index in [0.717, 1.165) is 0 Å². The molecule has 2 rings (SSSR count). The number of ether oxygens (including phenoxy) is 1. The summed E-state index contributed by atoms with van der Waals surface area (Å²) in [6, 6.07) is -2.00. The van der Waals surface area contributed by atoms with Crippen LogP contribution < -0.4 is 22.9 Å². The van der Waals surface area contributed by atoms with Gasteiger partial charge < -0.3 is 48.1 Å². The van der Waals surface area contributed by atoms with Crippen molar-refractivity contribution in [2.24, 2.45) is 28.9 Å². The highest BCUT2D eigenvalue weighted by atomic mass is 16.5. The Labute approximate surface area is 129 Å². The highest BCUT2D eigenvalue weighted by Crippen LogP contribution is 2.30. The van der Waals surface area contributed by atoms with Gasteiger partial charge >= 0.3 is 0 Å². The van der Waals surface area contributed by atoms with Crippen molar-refractivity contribution in [2.75, 3.05) is 6.54 Å². The largest absolute Gasteiger partial charge is 0.390 e. The van der Waals surface area contributed by atoms with Crippen LogP contribution in [0.2, 0.25) is 0 Å². The van der Waals surface area contributed by atoms with Crippen LogP contribution in [0.15, 0.2) is 0 Å². The van der Waals surface area contributed by atoms with E-state index in [2.05, 4.69) is 0 Å². The van der Waals surface area contributed by atoms with E-state index in [0.29, 0.717) is 12.8 Å². The summed E-state index contributed by atoms with van der Waals surface area (Å²) in [6.45, 7) is 0.178. The summed E-state index contributed by atoms with van der Waals surface area (Å²) in [6.07, 6.45) is -5.37. The van der Waals surface area contributed by atoms with Crippen molar-refractivity contribution in [3.8, 4) is 0 Å². The van der Waals surface area contributed by atoms with Gasteiger partial charge in [0.1, 0.15) is 12.2 Å². The molecule has 0 aromatic carbocycles. The summed E-state index contributed by atoms with van der Waals surface area (Å²) in [7, 11) is 0. The summed E-state index contributed by atoms with van der Waals surface area (Å²) in [5, 5.41) is 39.9. The van der Waals surface area contributed by atoms with Crippen LogP contribution in [-0.2, 0) is 4.74 Å². The Morgan fingerprint density at radius 1 is 0.818 bits per heavy atom. The summed E-state index contributed by atoms with van der Waals surface area (Å²) < 4.78 is 5.80. The molecule has 6 unspecified atom stereocenters. The third-order valence-electron chi connectivity index (χ3n) is 4.92. The van der Waals surface area contributed by atoms with Gasteiger partial charge in [-0.25, -0.2) is 0 Å². The summed E-state index contributed by atoms with van der Waals surface area (Å²) in [5.41, 5.74) is 23.2. The zero-order chi connectivity index (χ0) is 16.6. The van der Waals surface area contributed by atoms with Gasteiger partial charge in [0.15, 0.2) is 0 Å². The van der Waals surface area contributed by atoms with Crippen molar-refractivity contribution < 1.29 is 25.2 Å². The van der Waals surface area contributed by atoms with Crippen molar-refractivity contribution in [3.05, 3.63) is 0 Å². The normalized spacial score (nSPS) is 53.5. The minimum absolute atomic E-state index is 0.178. The van der Waals surface area contributed by atoms with Gasteiger partial charge in [-0.05, 0) is 19.4 Å². The molecular formula is C13H28N4O5. The minimum Gasteiger partial charge on any atom is -0.390 e. The fraction of sp³-hybridized carbons (Fsp3) is 1.00. The van der Waals surface area contributed by atoms with Crippen LogP contribution in [0.4, 0.5) is 0 Å². The summed E-state index contributed by atoms with van der Waals surface area (Å²) >= 11 is 0. The molecule has 0 amide bonds. The molecule has 12 N–H and O–H groups in total. The van der Waals surface area contributed by atoms with Gasteiger partial charge in [-0.1, -0.05) is 0 Å². The number of rotatable bonds is 3. The van der Waals surface area contributed by atoms with E-state index in [1.807, 2.05) is 0 Å². The van der Waals surface area contributed by atoms with Crippen LogP contribution in [0.3, 0.4) is 0 Å². The van der Waals surface area contributed by atoms with Gasteiger partial charge in [-0.3, -0.25) is 0 Å². The van der Waals surface area contributed by atoms with Crippen LogP contribution in [0, 0.1) is 5.92 Å². The summed E-state index contributed by atoms with van der Waals surface area (Å²) in [4.78, 5) is 0. The molecule has 0 spiro atoms. The van der Waals surface area contributed by atoms with Crippen LogP contribution in [0.1, 0.15) is 12.8 Å². The Kier molecular flexibility index (Phi) is 5.75. The molecule has 0 heterocycles. The zero-order valence-corrected chi connectivity index (χ0v) is 12.4. The number of hydrogen-bond acceptors (Lipinski definition) is 9. The predicted octanol–water partition coefficient (Wildman–Crippen LogP) is -4.45. The third-order valence-corrected chi connectivity index (χ3v) is 4.92. The Balaban J connectivity index is 2.08. The van der Waals surface area contributed by atoms with E-state index in [1.165, 1.54) is 0 Å².